The smallest absolute Gasteiger partial charge is 0.239 e. The zero-order valence-electron chi connectivity index (χ0n) is 15.5. The quantitative estimate of drug-likeness (QED) is 0.753. The molecule has 3 aromatic heterocycles. The van der Waals surface area contributed by atoms with Crippen molar-refractivity contribution < 1.29 is 9.21 Å². The molecule has 1 saturated heterocycles. The Kier molecular flexibility index (Phi) is 4.83. The zero-order valence-corrected chi connectivity index (χ0v) is 15.5. The van der Waals surface area contributed by atoms with Crippen LogP contribution < -0.4 is 5.32 Å². The Labute approximate surface area is 157 Å². The minimum absolute atomic E-state index is 0.0495. The molecule has 8 nitrogen and oxygen atoms in total. The van der Waals surface area contributed by atoms with Crippen molar-refractivity contribution >= 4 is 22.5 Å². The summed E-state index contributed by atoms with van der Waals surface area (Å²) in [6.45, 7) is 5.95. The molecule has 0 radical (unpaired) electrons. The van der Waals surface area contributed by atoms with Gasteiger partial charge in [-0.05, 0) is 24.6 Å². The Balaban J connectivity index is 1.48. The number of carbonyl (C=O) groups is 1. The van der Waals surface area contributed by atoms with Crippen molar-refractivity contribution in [2.24, 2.45) is 0 Å². The van der Waals surface area contributed by atoms with E-state index in [4.69, 9.17) is 4.42 Å². The molecular weight excluding hydrogens is 344 g/mol. The van der Waals surface area contributed by atoms with E-state index in [1.807, 2.05) is 12.1 Å². The second-order valence-corrected chi connectivity index (χ2v) is 6.86. The summed E-state index contributed by atoms with van der Waals surface area (Å²) in [5.41, 5.74) is 0.698. The number of carbonyl (C=O) groups excluding carboxylic acids is 1. The van der Waals surface area contributed by atoms with E-state index in [0.29, 0.717) is 29.7 Å². The van der Waals surface area contributed by atoms with Crippen molar-refractivity contribution in [1.82, 2.24) is 24.8 Å². The first-order valence-corrected chi connectivity index (χ1v) is 8.96. The summed E-state index contributed by atoms with van der Waals surface area (Å²) in [7, 11) is 2.10. The lowest BCUT2D eigenvalue weighted by Gasteiger charge is -2.31. The number of amides is 1. The number of nitrogens with one attached hydrogen (secondary N) is 1. The zero-order chi connectivity index (χ0) is 18.8. The van der Waals surface area contributed by atoms with Gasteiger partial charge in [-0.25, -0.2) is 9.97 Å². The Bertz CT molecular complexity index is 962. The summed E-state index contributed by atoms with van der Waals surface area (Å²) >= 11 is 0. The van der Waals surface area contributed by atoms with Gasteiger partial charge in [0.15, 0.2) is 11.7 Å². The summed E-state index contributed by atoms with van der Waals surface area (Å²) < 4.78 is 5.54. The fourth-order valence-electron chi connectivity index (χ4n) is 3.11. The molecule has 140 valence electrons. The van der Waals surface area contributed by atoms with Crippen LogP contribution in [0.2, 0.25) is 0 Å². The third-order valence-electron chi connectivity index (χ3n) is 4.71. The lowest BCUT2D eigenvalue weighted by molar-refractivity contribution is -0.117. The third-order valence-corrected chi connectivity index (χ3v) is 4.71. The average Bonchev–Trinajstić information content (AvgIpc) is 3.09. The van der Waals surface area contributed by atoms with Crippen molar-refractivity contribution in [3.63, 3.8) is 0 Å². The SMILES string of the molecule is Cc1ncc(-c2cc3cc(NC(=O)CN4CCN(C)CC4)ncc3cn2)o1. The van der Waals surface area contributed by atoms with Crippen molar-refractivity contribution in [2.45, 2.75) is 6.92 Å². The van der Waals surface area contributed by atoms with Crippen LogP contribution in [0.25, 0.3) is 22.2 Å². The van der Waals surface area contributed by atoms with Gasteiger partial charge in [0.05, 0.1) is 12.7 Å². The van der Waals surface area contributed by atoms with E-state index in [0.717, 1.165) is 37.0 Å². The largest absolute Gasteiger partial charge is 0.439 e. The number of hydrogen-bond acceptors (Lipinski definition) is 7. The molecule has 0 bridgehead atoms. The van der Waals surface area contributed by atoms with Gasteiger partial charge < -0.3 is 14.6 Å². The van der Waals surface area contributed by atoms with Gasteiger partial charge in [-0.1, -0.05) is 0 Å². The number of rotatable bonds is 4. The van der Waals surface area contributed by atoms with Gasteiger partial charge >= 0.3 is 0 Å². The molecule has 4 heterocycles. The molecule has 1 fully saturated rings. The summed E-state index contributed by atoms with van der Waals surface area (Å²) in [6.07, 6.45) is 5.11. The van der Waals surface area contributed by atoms with Crippen LogP contribution in [-0.4, -0.2) is 70.4 Å². The maximum atomic E-state index is 12.3. The maximum Gasteiger partial charge on any atom is 0.239 e. The van der Waals surface area contributed by atoms with Gasteiger partial charge in [-0.15, -0.1) is 0 Å². The highest BCUT2D eigenvalue weighted by atomic mass is 16.4. The molecule has 0 spiro atoms. The van der Waals surface area contributed by atoms with Gasteiger partial charge in [0.2, 0.25) is 5.91 Å². The third kappa shape index (κ3) is 4.12. The van der Waals surface area contributed by atoms with Gasteiger partial charge in [-0.2, -0.15) is 0 Å². The van der Waals surface area contributed by atoms with Crippen LogP contribution in [0.15, 0.2) is 35.1 Å². The maximum absolute atomic E-state index is 12.3. The Morgan fingerprint density at radius 2 is 1.85 bits per heavy atom. The Morgan fingerprint density at radius 1 is 1.07 bits per heavy atom. The number of aromatic nitrogens is 3. The predicted octanol–water partition coefficient (Wildman–Crippen LogP) is 1.78. The Morgan fingerprint density at radius 3 is 2.59 bits per heavy atom. The number of nitrogens with zero attached hydrogens (tertiary/aromatic N) is 5. The first kappa shape index (κ1) is 17.6. The highest BCUT2D eigenvalue weighted by Crippen LogP contribution is 2.23. The van der Waals surface area contributed by atoms with Crippen LogP contribution >= 0.6 is 0 Å². The number of likely N-dealkylation sites (N-methyl/N-ethyl adjacent to an activating group) is 1. The van der Waals surface area contributed by atoms with Gasteiger partial charge in [0.25, 0.3) is 0 Å². The topological polar surface area (TPSA) is 87.4 Å². The molecule has 1 aliphatic heterocycles. The van der Waals surface area contributed by atoms with Crippen LogP contribution in [0.5, 0.6) is 0 Å². The van der Waals surface area contributed by atoms with E-state index in [-0.39, 0.29) is 5.91 Å². The normalized spacial score (nSPS) is 15.9. The number of anilines is 1. The molecule has 0 unspecified atom stereocenters. The van der Waals surface area contributed by atoms with Crippen LogP contribution in [0.4, 0.5) is 5.82 Å². The number of aryl methyl sites for hydroxylation is 1. The molecule has 0 aromatic carbocycles. The molecular formula is C19H22N6O2. The minimum atomic E-state index is -0.0495. The molecule has 0 aliphatic carbocycles. The van der Waals surface area contributed by atoms with Crippen molar-refractivity contribution in [3.05, 3.63) is 36.6 Å². The van der Waals surface area contributed by atoms with Crippen LogP contribution in [-0.2, 0) is 4.79 Å². The fourth-order valence-corrected chi connectivity index (χ4v) is 3.11. The fraction of sp³-hybridized carbons (Fsp3) is 0.368. The van der Waals surface area contributed by atoms with E-state index in [1.54, 1.807) is 25.5 Å². The monoisotopic (exact) mass is 366 g/mol. The molecule has 27 heavy (non-hydrogen) atoms. The van der Waals surface area contributed by atoms with Gasteiger partial charge in [0, 0.05) is 50.9 Å². The van der Waals surface area contributed by atoms with Crippen LogP contribution in [0.1, 0.15) is 5.89 Å². The standard InChI is InChI=1S/C19H22N6O2/c1-13-20-11-17(27-13)16-7-14-8-18(22-10-15(14)9-21-16)23-19(26)12-25-5-3-24(2)4-6-25/h7-11H,3-6,12H2,1-2H3,(H,22,23,26). The molecule has 4 rings (SSSR count). The number of oxazole rings is 1. The van der Waals surface area contributed by atoms with E-state index < -0.39 is 0 Å². The van der Waals surface area contributed by atoms with Crippen LogP contribution in [0, 0.1) is 6.92 Å². The molecule has 1 amide bonds. The van der Waals surface area contributed by atoms with Crippen molar-refractivity contribution in [1.29, 1.82) is 0 Å². The number of piperazine rings is 1. The first-order chi connectivity index (χ1) is 13.1. The predicted molar refractivity (Wildman–Crippen MR) is 102 cm³/mol. The molecule has 0 atom stereocenters. The van der Waals surface area contributed by atoms with E-state index in [9.17, 15) is 4.79 Å². The second kappa shape index (κ2) is 7.42. The number of hydrogen-bond donors (Lipinski definition) is 1. The van der Waals surface area contributed by atoms with E-state index in [1.165, 1.54) is 0 Å². The molecule has 3 aromatic rings. The summed E-state index contributed by atoms with van der Waals surface area (Å²) in [5, 5.41) is 4.72. The number of pyridine rings is 2. The highest BCUT2D eigenvalue weighted by Gasteiger charge is 2.17. The van der Waals surface area contributed by atoms with Crippen LogP contribution in [0.3, 0.4) is 0 Å². The van der Waals surface area contributed by atoms with Gasteiger partial charge in [0.1, 0.15) is 11.5 Å². The summed E-state index contributed by atoms with van der Waals surface area (Å²) in [6, 6.07) is 3.76. The van der Waals surface area contributed by atoms with E-state index in [2.05, 4.69) is 37.1 Å². The minimum Gasteiger partial charge on any atom is -0.439 e. The molecule has 0 saturated carbocycles. The van der Waals surface area contributed by atoms with Crippen molar-refractivity contribution in [2.75, 3.05) is 45.1 Å². The summed E-state index contributed by atoms with van der Waals surface area (Å²) in [4.78, 5) is 29.6. The molecule has 8 heteroatoms. The Hall–Kier alpha value is -2.84. The van der Waals surface area contributed by atoms with Gasteiger partial charge in [-0.3, -0.25) is 14.7 Å². The molecule has 1 aliphatic rings. The van der Waals surface area contributed by atoms with Crippen molar-refractivity contribution in [3.8, 4) is 11.5 Å². The van der Waals surface area contributed by atoms with E-state index >= 15 is 0 Å². The first-order valence-electron chi connectivity index (χ1n) is 8.96. The highest BCUT2D eigenvalue weighted by molar-refractivity contribution is 5.94. The number of fused-ring (bicyclic) bond motifs is 1. The lowest BCUT2D eigenvalue weighted by Crippen LogP contribution is -2.47. The second-order valence-electron chi connectivity index (χ2n) is 6.86. The summed E-state index contributed by atoms with van der Waals surface area (Å²) in [5.74, 6) is 1.70. The molecule has 1 N–H and O–H groups in total. The average molecular weight is 366 g/mol. The lowest BCUT2D eigenvalue weighted by atomic mass is 10.2.